The van der Waals surface area contributed by atoms with Gasteiger partial charge in [-0.05, 0) is 34.1 Å². The van der Waals surface area contributed by atoms with Gasteiger partial charge in [0.15, 0.2) is 0 Å². The Bertz CT molecular complexity index is 574. The highest BCUT2D eigenvalue weighted by molar-refractivity contribution is 5.67. The summed E-state index contributed by atoms with van der Waals surface area (Å²) in [4.78, 5) is 23.4. The molecule has 0 aliphatic rings. The molecule has 27 heavy (non-hydrogen) atoms. The number of carbonyl (C=O) groups excluding carboxylic acids is 2. The van der Waals surface area contributed by atoms with Crippen LogP contribution in [0, 0.1) is 0 Å². The number of aromatic amines is 1. The molecule has 0 radical (unpaired) electrons. The third-order valence-corrected chi connectivity index (χ3v) is 3.56. The van der Waals surface area contributed by atoms with E-state index in [4.69, 9.17) is 14.2 Å². The molecule has 1 aromatic heterocycles. The molecule has 0 aliphatic heterocycles. The summed E-state index contributed by atoms with van der Waals surface area (Å²) in [5.74, 6) is 0. The van der Waals surface area contributed by atoms with E-state index in [2.05, 4.69) is 26.0 Å². The molecule has 0 saturated carbocycles. The number of hydrogen-bond acceptors (Lipinski definition) is 7. The van der Waals surface area contributed by atoms with Crippen molar-refractivity contribution in [3.8, 4) is 0 Å². The monoisotopic (exact) mass is 385 g/mol. The van der Waals surface area contributed by atoms with Crippen LogP contribution in [-0.2, 0) is 20.8 Å². The first-order valence-electron chi connectivity index (χ1n) is 8.99. The van der Waals surface area contributed by atoms with Gasteiger partial charge in [0.2, 0.25) is 0 Å². The van der Waals surface area contributed by atoms with Crippen LogP contribution in [0.25, 0.3) is 0 Å². The molecule has 0 unspecified atom stereocenters. The summed E-state index contributed by atoms with van der Waals surface area (Å²) < 4.78 is 16.2. The van der Waals surface area contributed by atoms with E-state index in [9.17, 15) is 9.59 Å². The van der Waals surface area contributed by atoms with Crippen molar-refractivity contribution in [2.75, 3.05) is 19.7 Å². The Hall–Kier alpha value is -2.36. The van der Waals surface area contributed by atoms with Crippen molar-refractivity contribution in [2.45, 2.75) is 65.3 Å². The lowest BCUT2D eigenvalue weighted by atomic mass is 10.1. The number of aromatic nitrogens is 3. The van der Waals surface area contributed by atoms with E-state index >= 15 is 0 Å². The number of rotatable bonds is 11. The maximum Gasteiger partial charge on any atom is 0.407 e. The molecule has 1 aromatic rings. The summed E-state index contributed by atoms with van der Waals surface area (Å²) in [7, 11) is 0. The third kappa shape index (κ3) is 10.4. The predicted octanol–water partition coefficient (Wildman–Crippen LogP) is 2.13. The summed E-state index contributed by atoms with van der Waals surface area (Å²) >= 11 is 0. The molecule has 0 bridgehead atoms. The molecule has 0 saturated heterocycles. The number of carbonyl (C=O) groups is 2. The smallest absolute Gasteiger partial charge is 0.407 e. The summed E-state index contributed by atoms with van der Waals surface area (Å²) in [6.07, 6.45) is 1.85. The van der Waals surface area contributed by atoms with Crippen LogP contribution >= 0.6 is 0 Å². The standard InChI is InChI=1S/C17H31N5O5/c1-6-8-18-15(24)27-16(2,3)7-9-26-17(4,5)12-19-14(23)25-11-13-10-20-22-21-13/h10H,6-9,11-12H2,1-5H3,(H,18,24)(H,19,23)(H,20,21,22). The van der Waals surface area contributed by atoms with E-state index in [1.165, 1.54) is 6.20 Å². The minimum absolute atomic E-state index is 0.0369. The lowest BCUT2D eigenvalue weighted by Crippen LogP contribution is -2.42. The lowest BCUT2D eigenvalue weighted by molar-refractivity contribution is -0.0481. The van der Waals surface area contributed by atoms with Crippen molar-refractivity contribution in [1.29, 1.82) is 0 Å². The Morgan fingerprint density at radius 2 is 1.89 bits per heavy atom. The Labute approximate surface area is 159 Å². The van der Waals surface area contributed by atoms with E-state index in [-0.39, 0.29) is 13.2 Å². The first-order valence-corrected chi connectivity index (χ1v) is 8.99. The second-order valence-electron chi connectivity index (χ2n) is 7.33. The van der Waals surface area contributed by atoms with E-state index in [1.54, 1.807) is 0 Å². The number of alkyl carbamates (subject to hydrolysis) is 2. The Kier molecular flexibility index (Phi) is 8.99. The average Bonchev–Trinajstić information content (AvgIpc) is 3.09. The van der Waals surface area contributed by atoms with Crippen molar-refractivity contribution >= 4 is 12.2 Å². The molecule has 0 fully saturated rings. The van der Waals surface area contributed by atoms with E-state index in [1.807, 2.05) is 34.6 Å². The topological polar surface area (TPSA) is 127 Å². The minimum Gasteiger partial charge on any atom is -0.443 e. The van der Waals surface area contributed by atoms with Crippen molar-refractivity contribution in [3.63, 3.8) is 0 Å². The first kappa shape index (κ1) is 22.7. The molecule has 2 amide bonds. The van der Waals surface area contributed by atoms with Crippen molar-refractivity contribution in [3.05, 3.63) is 11.9 Å². The maximum absolute atomic E-state index is 11.7. The van der Waals surface area contributed by atoms with Crippen LogP contribution in [0.1, 0.15) is 53.2 Å². The maximum atomic E-state index is 11.7. The average molecular weight is 385 g/mol. The largest absolute Gasteiger partial charge is 0.443 e. The number of H-pyrrole nitrogens is 1. The molecular weight excluding hydrogens is 354 g/mol. The van der Waals surface area contributed by atoms with Crippen LogP contribution in [0.5, 0.6) is 0 Å². The molecule has 0 aromatic carbocycles. The van der Waals surface area contributed by atoms with Crippen LogP contribution < -0.4 is 10.6 Å². The molecule has 1 rings (SSSR count). The fourth-order valence-corrected chi connectivity index (χ4v) is 1.96. The van der Waals surface area contributed by atoms with Crippen LogP contribution in [0.3, 0.4) is 0 Å². The summed E-state index contributed by atoms with van der Waals surface area (Å²) in [6.45, 7) is 10.6. The van der Waals surface area contributed by atoms with Gasteiger partial charge in [0.1, 0.15) is 17.9 Å². The molecule has 154 valence electrons. The molecular formula is C17H31N5O5. The van der Waals surface area contributed by atoms with Crippen LogP contribution in [0.2, 0.25) is 0 Å². The zero-order valence-electron chi connectivity index (χ0n) is 16.8. The Balaban J connectivity index is 2.25. The number of hydrogen-bond donors (Lipinski definition) is 3. The van der Waals surface area contributed by atoms with Crippen molar-refractivity contribution in [2.24, 2.45) is 0 Å². The molecule has 0 spiro atoms. The second kappa shape index (κ2) is 10.7. The predicted molar refractivity (Wildman–Crippen MR) is 98.1 cm³/mol. The van der Waals surface area contributed by atoms with Gasteiger partial charge in [0.25, 0.3) is 0 Å². The van der Waals surface area contributed by atoms with Crippen LogP contribution in [0.4, 0.5) is 9.59 Å². The molecule has 10 nitrogen and oxygen atoms in total. The highest BCUT2D eigenvalue weighted by atomic mass is 16.6. The summed E-state index contributed by atoms with van der Waals surface area (Å²) in [6, 6.07) is 0. The van der Waals surface area contributed by atoms with Gasteiger partial charge in [-0.15, -0.1) is 0 Å². The van der Waals surface area contributed by atoms with E-state index in [0.717, 1.165) is 6.42 Å². The second-order valence-corrected chi connectivity index (χ2v) is 7.33. The van der Waals surface area contributed by atoms with Crippen molar-refractivity contribution in [1.82, 2.24) is 26.0 Å². The van der Waals surface area contributed by atoms with Gasteiger partial charge in [-0.3, -0.25) is 0 Å². The minimum atomic E-state index is -0.655. The summed E-state index contributed by atoms with van der Waals surface area (Å²) in [5.41, 5.74) is -0.725. The first-order chi connectivity index (χ1) is 12.6. The SMILES string of the molecule is CCCNC(=O)OC(C)(C)CCOC(C)(C)CNC(=O)OCc1cn[nH]n1. The quantitative estimate of drug-likeness (QED) is 0.532. The molecule has 10 heteroatoms. The molecule has 3 N–H and O–H groups in total. The fraction of sp³-hybridized carbons (Fsp3) is 0.765. The number of amides is 2. The zero-order chi connectivity index (χ0) is 20.3. The number of nitrogens with zero attached hydrogens (tertiary/aromatic N) is 2. The van der Waals surface area contributed by atoms with Gasteiger partial charge < -0.3 is 24.8 Å². The van der Waals surface area contributed by atoms with Gasteiger partial charge in [-0.1, -0.05) is 6.92 Å². The third-order valence-electron chi connectivity index (χ3n) is 3.56. The highest BCUT2D eigenvalue weighted by Crippen LogP contribution is 2.17. The molecule has 1 heterocycles. The van der Waals surface area contributed by atoms with Crippen LogP contribution in [0.15, 0.2) is 6.20 Å². The van der Waals surface area contributed by atoms with Gasteiger partial charge in [-0.2, -0.15) is 15.4 Å². The molecule has 0 aliphatic carbocycles. The van der Waals surface area contributed by atoms with Gasteiger partial charge in [-0.25, -0.2) is 9.59 Å². The Morgan fingerprint density at radius 3 is 2.52 bits per heavy atom. The van der Waals surface area contributed by atoms with Crippen LogP contribution in [-0.4, -0.2) is 58.5 Å². The zero-order valence-corrected chi connectivity index (χ0v) is 16.8. The normalized spacial score (nSPS) is 11.7. The van der Waals surface area contributed by atoms with Gasteiger partial charge >= 0.3 is 12.2 Å². The van der Waals surface area contributed by atoms with Gasteiger partial charge in [0, 0.05) is 19.5 Å². The van der Waals surface area contributed by atoms with E-state index in [0.29, 0.717) is 25.3 Å². The number of ether oxygens (including phenoxy) is 3. The van der Waals surface area contributed by atoms with Gasteiger partial charge in [0.05, 0.1) is 18.4 Å². The van der Waals surface area contributed by atoms with Crippen molar-refractivity contribution < 1.29 is 23.8 Å². The van der Waals surface area contributed by atoms with E-state index < -0.39 is 23.4 Å². The molecule has 0 atom stereocenters. The lowest BCUT2D eigenvalue weighted by Gasteiger charge is -2.29. The highest BCUT2D eigenvalue weighted by Gasteiger charge is 2.25. The fourth-order valence-electron chi connectivity index (χ4n) is 1.96. The Morgan fingerprint density at radius 1 is 1.15 bits per heavy atom. The number of nitrogens with one attached hydrogen (secondary N) is 3. The summed E-state index contributed by atoms with van der Waals surface area (Å²) in [5, 5.41) is 15.2.